The molecule has 3 aromatic carbocycles. The number of fused-ring (bicyclic) bond motifs is 1. The topological polar surface area (TPSA) is 54.0 Å². The molecule has 6 nitrogen and oxygen atoms in total. The van der Waals surface area contributed by atoms with E-state index in [0.29, 0.717) is 6.54 Å². The van der Waals surface area contributed by atoms with Crippen LogP contribution in [0.3, 0.4) is 0 Å². The first kappa shape index (κ1) is 24.8. The Morgan fingerprint density at radius 1 is 0.838 bits per heavy atom. The average Bonchev–Trinajstić information content (AvgIpc) is 3.41. The largest absolute Gasteiger partial charge is 0.454 e. The van der Waals surface area contributed by atoms with Crippen LogP contribution in [0.5, 0.6) is 11.5 Å². The summed E-state index contributed by atoms with van der Waals surface area (Å²) in [7, 11) is 0. The van der Waals surface area contributed by atoms with E-state index < -0.39 is 0 Å². The first-order valence-electron chi connectivity index (χ1n) is 12.8. The lowest BCUT2D eigenvalue weighted by molar-refractivity contribution is -0.116. The molecule has 1 amide bonds. The van der Waals surface area contributed by atoms with Gasteiger partial charge in [0.05, 0.1) is 6.04 Å². The van der Waals surface area contributed by atoms with Crippen LogP contribution in [0.1, 0.15) is 22.7 Å². The van der Waals surface area contributed by atoms with Crippen molar-refractivity contribution >= 4 is 12.0 Å². The Kier molecular flexibility index (Phi) is 8.31. The van der Waals surface area contributed by atoms with E-state index in [4.69, 9.17) is 9.47 Å². The molecule has 190 valence electrons. The number of carbonyl (C=O) groups excluding carboxylic acids is 1. The van der Waals surface area contributed by atoms with Crippen molar-refractivity contribution in [3.8, 4) is 11.5 Å². The smallest absolute Gasteiger partial charge is 0.244 e. The normalized spacial score (nSPS) is 16.1. The van der Waals surface area contributed by atoms with Gasteiger partial charge in [-0.25, -0.2) is 0 Å². The van der Waals surface area contributed by atoms with Crippen molar-refractivity contribution in [3.05, 3.63) is 114 Å². The van der Waals surface area contributed by atoms with Crippen LogP contribution >= 0.6 is 0 Å². The molecule has 1 fully saturated rings. The lowest BCUT2D eigenvalue weighted by atomic mass is 9.96. The van der Waals surface area contributed by atoms with Crippen molar-refractivity contribution in [3.63, 3.8) is 0 Å². The van der Waals surface area contributed by atoms with Gasteiger partial charge in [0.2, 0.25) is 12.7 Å². The maximum atomic E-state index is 12.2. The Balaban J connectivity index is 1.05. The molecular weight excluding hydrogens is 462 g/mol. The van der Waals surface area contributed by atoms with Gasteiger partial charge in [-0.2, -0.15) is 0 Å². The fourth-order valence-electron chi connectivity index (χ4n) is 4.85. The van der Waals surface area contributed by atoms with Crippen LogP contribution in [-0.2, 0) is 4.79 Å². The van der Waals surface area contributed by atoms with Crippen LogP contribution in [0.15, 0.2) is 97.1 Å². The van der Waals surface area contributed by atoms with E-state index in [2.05, 4.69) is 75.8 Å². The summed E-state index contributed by atoms with van der Waals surface area (Å²) in [5, 5.41) is 3.00. The zero-order chi connectivity index (χ0) is 25.3. The summed E-state index contributed by atoms with van der Waals surface area (Å²) in [6, 6.07) is 27.5. The van der Waals surface area contributed by atoms with Crippen molar-refractivity contribution in [2.75, 3.05) is 46.1 Å². The first-order chi connectivity index (χ1) is 18.3. The third-order valence-corrected chi connectivity index (χ3v) is 6.77. The lowest BCUT2D eigenvalue weighted by Gasteiger charge is -2.39. The molecule has 1 saturated heterocycles. The van der Waals surface area contributed by atoms with E-state index in [1.54, 1.807) is 12.2 Å². The van der Waals surface area contributed by atoms with Gasteiger partial charge in [0.15, 0.2) is 11.5 Å². The molecule has 0 saturated carbocycles. The molecular formula is C31H33N3O3. The number of amides is 1. The monoisotopic (exact) mass is 495 g/mol. The molecule has 0 aromatic heterocycles. The van der Waals surface area contributed by atoms with E-state index in [9.17, 15) is 4.79 Å². The number of hydrogen-bond acceptors (Lipinski definition) is 5. The molecule has 0 unspecified atom stereocenters. The van der Waals surface area contributed by atoms with E-state index >= 15 is 0 Å². The van der Waals surface area contributed by atoms with Gasteiger partial charge in [-0.05, 0) is 28.8 Å². The first-order valence-corrected chi connectivity index (χ1v) is 12.8. The van der Waals surface area contributed by atoms with Gasteiger partial charge in [0, 0.05) is 45.3 Å². The third-order valence-electron chi connectivity index (χ3n) is 6.77. The molecule has 6 heteroatoms. The second kappa shape index (κ2) is 12.4. The van der Waals surface area contributed by atoms with Gasteiger partial charge in [-0.3, -0.25) is 14.6 Å². The third kappa shape index (κ3) is 6.67. The summed E-state index contributed by atoms with van der Waals surface area (Å²) in [6.07, 6.45) is 7.10. The molecule has 2 aliphatic heterocycles. The van der Waals surface area contributed by atoms with Crippen LogP contribution in [0, 0.1) is 0 Å². The number of ether oxygens (including phenoxy) is 2. The molecule has 0 spiro atoms. The van der Waals surface area contributed by atoms with E-state index in [0.717, 1.165) is 49.8 Å². The highest BCUT2D eigenvalue weighted by atomic mass is 16.7. The molecule has 2 heterocycles. The number of nitrogens with zero attached hydrogens (tertiary/aromatic N) is 2. The zero-order valence-electron chi connectivity index (χ0n) is 21.0. The molecule has 0 atom stereocenters. The highest BCUT2D eigenvalue weighted by Gasteiger charge is 2.26. The lowest BCUT2D eigenvalue weighted by Crippen LogP contribution is -2.49. The van der Waals surface area contributed by atoms with Gasteiger partial charge < -0.3 is 14.8 Å². The molecule has 0 aliphatic carbocycles. The summed E-state index contributed by atoms with van der Waals surface area (Å²) in [5.74, 6) is 1.43. The molecule has 0 radical (unpaired) electrons. The van der Waals surface area contributed by atoms with Crippen LogP contribution in [0.25, 0.3) is 6.08 Å². The van der Waals surface area contributed by atoms with E-state index in [-0.39, 0.29) is 18.7 Å². The maximum absolute atomic E-state index is 12.2. The van der Waals surface area contributed by atoms with Crippen molar-refractivity contribution in [1.29, 1.82) is 0 Å². The standard InChI is InChI=1S/C31H33N3O3/c35-30(14-8-7-9-25-15-16-28-29(23-25)37-24-36-28)32-17-18-33-19-21-34(22-20-33)31(26-10-3-1-4-11-26)27-12-5-2-6-13-27/h1-16,23,31H,17-22,24H2,(H,32,35). The van der Waals surface area contributed by atoms with Gasteiger partial charge >= 0.3 is 0 Å². The van der Waals surface area contributed by atoms with Crippen molar-refractivity contribution in [1.82, 2.24) is 15.1 Å². The average molecular weight is 496 g/mol. The van der Waals surface area contributed by atoms with Gasteiger partial charge in [0.1, 0.15) is 0 Å². The number of allylic oxidation sites excluding steroid dienone is 2. The number of carbonyl (C=O) groups is 1. The molecule has 2 aliphatic rings. The number of hydrogen-bond donors (Lipinski definition) is 1. The van der Waals surface area contributed by atoms with Crippen LogP contribution in [0.4, 0.5) is 0 Å². The Morgan fingerprint density at radius 2 is 1.51 bits per heavy atom. The van der Waals surface area contributed by atoms with Crippen molar-refractivity contribution < 1.29 is 14.3 Å². The summed E-state index contributed by atoms with van der Waals surface area (Å²) in [4.78, 5) is 17.2. The minimum Gasteiger partial charge on any atom is -0.454 e. The minimum absolute atomic E-state index is 0.0813. The highest BCUT2D eigenvalue weighted by molar-refractivity contribution is 5.87. The van der Waals surface area contributed by atoms with Crippen molar-refractivity contribution in [2.45, 2.75) is 6.04 Å². The highest BCUT2D eigenvalue weighted by Crippen LogP contribution is 2.33. The van der Waals surface area contributed by atoms with Crippen LogP contribution in [-0.4, -0.2) is 61.8 Å². The number of benzene rings is 3. The summed E-state index contributed by atoms with van der Waals surface area (Å²) in [5.41, 5.74) is 3.65. The molecule has 3 aromatic rings. The predicted octanol–water partition coefficient (Wildman–Crippen LogP) is 4.51. The molecule has 1 N–H and O–H groups in total. The summed E-state index contributed by atoms with van der Waals surface area (Å²) in [6.45, 7) is 5.71. The van der Waals surface area contributed by atoms with Crippen molar-refractivity contribution in [2.24, 2.45) is 0 Å². The Morgan fingerprint density at radius 3 is 2.22 bits per heavy atom. The predicted molar refractivity (Wildman–Crippen MR) is 146 cm³/mol. The number of nitrogens with one attached hydrogen (secondary N) is 1. The van der Waals surface area contributed by atoms with Crippen LogP contribution in [0.2, 0.25) is 0 Å². The summed E-state index contributed by atoms with van der Waals surface area (Å²) >= 11 is 0. The molecule has 5 rings (SSSR count). The van der Waals surface area contributed by atoms with Gasteiger partial charge in [-0.15, -0.1) is 0 Å². The van der Waals surface area contributed by atoms with Gasteiger partial charge in [0.25, 0.3) is 0 Å². The van der Waals surface area contributed by atoms with Gasteiger partial charge in [-0.1, -0.05) is 85.0 Å². The fraction of sp³-hybridized carbons (Fsp3) is 0.258. The minimum atomic E-state index is -0.0813. The maximum Gasteiger partial charge on any atom is 0.244 e. The number of rotatable bonds is 9. The Hall–Kier alpha value is -3.87. The van der Waals surface area contributed by atoms with Crippen LogP contribution < -0.4 is 14.8 Å². The summed E-state index contributed by atoms with van der Waals surface area (Å²) < 4.78 is 10.7. The second-order valence-corrected chi connectivity index (χ2v) is 9.22. The van der Waals surface area contributed by atoms with E-state index in [1.165, 1.54) is 11.1 Å². The molecule has 37 heavy (non-hydrogen) atoms. The number of piperazine rings is 1. The Bertz CT molecular complexity index is 1180. The fourth-order valence-corrected chi connectivity index (χ4v) is 4.85. The molecule has 0 bridgehead atoms. The Labute approximate surface area is 218 Å². The zero-order valence-corrected chi connectivity index (χ0v) is 21.0. The SMILES string of the molecule is O=C(C=CC=Cc1ccc2c(c1)OCO2)NCCN1CCN(C(c2ccccc2)c2ccccc2)CC1. The second-order valence-electron chi connectivity index (χ2n) is 9.22. The quantitative estimate of drug-likeness (QED) is 0.350. The van der Waals surface area contributed by atoms with E-state index in [1.807, 2.05) is 30.4 Å².